The average Bonchev–Trinajstić information content (AvgIpc) is 3.52. The van der Waals surface area contributed by atoms with E-state index < -0.39 is 0 Å². The van der Waals surface area contributed by atoms with E-state index in [0.717, 1.165) is 33.1 Å². The third kappa shape index (κ3) is 5.58. The highest BCUT2D eigenvalue weighted by Gasteiger charge is 2.14. The summed E-state index contributed by atoms with van der Waals surface area (Å²) in [6.07, 6.45) is 5.83. The SMILES string of the molecule is O=C(NCCc1cnc[nH]1)c1ccc(Cn2c(SCc3ccc(F)cc3)nc3cccnc32)cc1. The van der Waals surface area contributed by atoms with Crippen molar-refractivity contribution in [3.63, 3.8) is 0 Å². The van der Waals surface area contributed by atoms with E-state index >= 15 is 0 Å². The molecule has 0 aliphatic carbocycles. The van der Waals surface area contributed by atoms with Crippen LogP contribution in [0.25, 0.3) is 11.2 Å². The molecular weight excluding hydrogens is 463 g/mol. The minimum absolute atomic E-state index is 0.110. The smallest absolute Gasteiger partial charge is 0.251 e. The zero-order chi connectivity index (χ0) is 24.0. The number of hydrogen-bond donors (Lipinski definition) is 2. The lowest BCUT2D eigenvalue weighted by Crippen LogP contribution is -2.25. The number of halogens is 1. The Labute approximate surface area is 205 Å². The molecule has 0 fully saturated rings. The van der Waals surface area contributed by atoms with Gasteiger partial charge < -0.3 is 10.3 Å². The van der Waals surface area contributed by atoms with E-state index in [0.29, 0.717) is 30.8 Å². The van der Waals surface area contributed by atoms with Crippen LogP contribution in [-0.4, -0.2) is 37.0 Å². The van der Waals surface area contributed by atoms with Crippen molar-refractivity contribution in [2.24, 2.45) is 0 Å². The molecule has 0 saturated heterocycles. The van der Waals surface area contributed by atoms with Crippen LogP contribution in [0.5, 0.6) is 0 Å². The highest BCUT2D eigenvalue weighted by molar-refractivity contribution is 7.98. The topological polar surface area (TPSA) is 88.5 Å². The monoisotopic (exact) mass is 486 g/mol. The summed E-state index contributed by atoms with van der Waals surface area (Å²) in [5.74, 6) is 0.313. The van der Waals surface area contributed by atoms with Crippen LogP contribution >= 0.6 is 11.8 Å². The van der Waals surface area contributed by atoms with Crippen molar-refractivity contribution in [2.75, 3.05) is 6.54 Å². The number of amides is 1. The third-order valence-electron chi connectivity index (χ3n) is 5.54. The molecule has 7 nitrogen and oxygen atoms in total. The molecule has 0 aliphatic heterocycles. The lowest BCUT2D eigenvalue weighted by Gasteiger charge is -2.10. The molecule has 9 heteroatoms. The van der Waals surface area contributed by atoms with Gasteiger partial charge in [-0.2, -0.15) is 0 Å². The van der Waals surface area contributed by atoms with E-state index in [1.807, 2.05) is 36.4 Å². The number of nitrogens with one attached hydrogen (secondary N) is 2. The van der Waals surface area contributed by atoms with E-state index in [1.165, 1.54) is 12.1 Å². The van der Waals surface area contributed by atoms with E-state index in [-0.39, 0.29) is 11.7 Å². The summed E-state index contributed by atoms with van der Waals surface area (Å²) in [5.41, 5.74) is 5.27. The van der Waals surface area contributed by atoms with Gasteiger partial charge in [-0.1, -0.05) is 36.0 Å². The molecule has 3 heterocycles. The number of rotatable bonds is 9. The molecule has 5 aromatic rings. The Morgan fingerprint density at radius 1 is 1.06 bits per heavy atom. The number of nitrogens with zero attached hydrogens (tertiary/aromatic N) is 4. The average molecular weight is 487 g/mol. The van der Waals surface area contributed by atoms with Crippen LogP contribution < -0.4 is 5.32 Å². The van der Waals surface area contributed by atoms with Gasteiger partial charge in [0, 0.05) is 42.4 Å². The maximum atomic E-state index is 13.2. The number of hydrogen-bond acceptors (Lipinski definition) is 5. The fourth-order valence-corrected chi connectivity index (χ4v) is 4.66. The second-order valence-corrected chi connectivity index (χ2v) is 8.96. The first-order valence-corrected chi connectivity index (χ1v) is 12.2. The fourth-order valence-electron chi connectivity index (χ4n) is 3.70. The molecule has 2 N–H and O–H groups in total. The standard InChI is InChI=1S/C26H23FN6OS/c27-21-9-5-19(6-10-21)16-35-26-32-23-2-1-12-29-24(23)33(26)15-18-3-7-20(8-4-18)25(34)30-13-11-22-14-28-17-31-22/h1-10,12,14,17H,11,13,15-16H2,(H,28,31)(H,30,34). The van der Waals surface area contributed by atoms with Crippen molar-refractivity contribution in [1.82, 2.24) is 29.8 Å². The molecule has 5 rings (SSSR count). The van der Waals surface area contributed by atoms with Crippen LogP contribution in [0.4, 0.5) is 4.39 Å². The first-order valence-electron chi connectivity index (χ1n) is 11.2. The van der Waals surface area contributed by atoms with Gasteiger partial charge in [-0.15, -0.1) is 0 Å². The predicted molar refractivity (Wildman–Crippen MR) is 134 cm³/mol. The first kappa shape index (κ1) is 22.8. The summed E-state index contributed by atoms with van der Waals surface area (Å²) in [5, 5.41) is 3.77. The lowest BCUT2D eigenvalue weighted by molar-refractivity contribution is 0.0954. The van der Waals surface area contributed by atoms with Crippen molar-refractivity contribution >= 4 is 28.8 Å². The van der Waals surface area contributed by atoms with Crippen molar-refractivity contribution in [3.8, 4) is 0 Å². The summed E-state index contributed by atoms with van der Waals surface area (Å²) in [4.78, 5) is 28.8. The number of thioether (sulfide) groups is 1. The highest BCUT2D eigenvalue weighted by Crippen LogP contribution is 2.27. The fraction of sp³-hybridized carbons (Fsp3) is 0.154. The molecule has 0 bridgehead atoms. The zero-order valence-corrected chi connectivity index (χ0v) is 19.6. The Morgan fingerprint density at radius 3 is 2.63 bits per heavy atom. The number of imidazole rings is 2. The van der Waals surface area contributed by atoms with Crippen molar-refractivity contribution < 1.29 is 9.18 Å². The molecule has 0 aliphatic rings. The van der Waals surface area contributed by atoms with Crippen LogP contribution in [0.1, 0.15) is 27.2 Å². The second-order valence-electron chi connectivity index (χ2n) is 8.02. The molecule has 0 atom stereocenters. The predicted octanol–water partition coefficient (Wildman–Crippen LogP) is 4.61. The van der Waals surface area contributed by atoms with Crippen LogP contribution in [0.15, 0.2) is 84.5 Å². The van der Waals surface area contributed by atoms with E-state index in [1.54, 1.807) is 42.6 Å². The molecule has 0 saturated carbocycles. The van der Waals surface area contributed by atoms with E-state index in [2.05, 4.69) is 24.8 Å². The number of aromatic nitrogens is 5. The Balaban J connectivity index is 1.28. The number of carbonyl (C=O) groups is 1. The quantitative estimate of drug-likeness (QED) is 0.297. The number of benzene rings is 2. The number of H-pyrrole nitrogens is 1. The number of carbonyl (C=O) groups excluding carboxylic acids is 1. The van der Waals surface area contributed by atoms with Crippen molar-refractivity contribution in [1.29, 1.82) is 0 Å². The molecular formula is C26H23FN6OS. The van der Waals surface area contributed by atoms with Gasteiger partial charge in [0.05, 0.1) is 12.9 Å². The maximum Gasteiger partial charge on any atom is 0.251 e. The minimum atomic E-state index is -0.245. The third-order valence-corrected chi connectivity index (χ3v) is 6.59. The van der Waals surface area contributed by atoms with E-state index in [4.69, 9.17) is 4.98 Å². The van der Waals surface area contributed by atoms with Crippen LogP contribution in [0, 0.1) is 5.82 Å². The Kier molecular flexibility index (Phi) is 6.85. The molecule has 176 valence electrons. The Hall–Kier alpha value is -3.98. The van der Waals surface area contributed by atoms with Gasteiger partial charge in [0.1, 0.15) is 11.3 Å². The summed E-state index contributed by atoms with van der Waals surface area (Å²) >= 11 is 1.59. The molecule has 2 aromatic carbocycles. The molecule has 0 radical (unpaired) electrons. The molecule has 1 amide bonds. The number of pyridine rings is 1. The van der Waals surface area contributed by atoms with Gasteiger partial charge in [-0.3, -0.25) is 9.36 Å². The maximum absolute atomic E-state index is 13.2. The Bertz CT molecular complexity index is 1420. The molecule has 35 heavy (non-hydrogen) atoms. The van der Waals surface area contributed by atoms with Gasteiger partial charge in [0.25, 0.3) is 5.91 Å². The lowest BCUT2D eigenvalue weighted by atomic mass is 10.1. The number of aromatic amines is 1. The normalized spacial score (nSPS) is 11.1. The van der Waals surface area contributed by atoms with Crippen LogP contribution in [0.3, 0.4) is 0 Å². The van der Waals surface area contributed by atoms with Gasteiger partial charge in [0.2, 0.25) is 0 Å². The van der Waals surface area contributed by atoms with Crippen LogP contribution in [-0.2, 0) is 18.7 Å². The summed E-state index contributed by atoms with van der Waals surface area (Å²) in [7, 11) is 0. The van der Waals surface area contributed by atoms with Gasteiger partial charge in [0.15, 0.2) is 10.8 Å². The highest BCUT2D eigenvalue weighted by atomic mass is 32.2. The number of fused-ring (bicyclic) bond motifs is 1. The molecule has 0 spiro atoms. The van der Waals surface area contributed by atoms with Crippen molar-refractivity contribution in [2.45, 2.75) is 23.9 Å². The van der Waals surface area contributed by atoms with Crippen molar-refractivity contribution in [3.05, 3.63) is 108 Å². The molecule has 0 unspecified atom stereocenters. The zero-order valence-electron chi connectivity index (χ0n) is 18.8. The van der Waals surface area contributed by atoms with Gasteiger partial charge in [-0.05, 0) is 47.5 Å². The summed E-state index contributed by atoms with van der Waals surface area (Å²) in [6.45, 7) is 1.10. The van der Waals surface area contributed by atoms with Gasteiger partial charge in [-0.25, -0.2) is 19.3 Å². The minimum Gasteiger partial charge on any atom is -0.352 e. The second kappa shape index (κ2) is 10.5. The van der Waals surface area contributed by atoms with Crippen LogP contribution in [0.2, 0.25) is 0 Å². The van der Waals surface area contributed by atoms with E-state index in [9.17, 15) is 9.18 Å². The Morgan fingerprint density at radius 2 is 1.86 bits per heavy atom. The first-order chi connectivity index (χ1) is 17.2. The van der Waals surface area contributed by atoms with Gasteiger partial charge >= 0.3 is 0 Å². The molecule has 3 aromatic heterocycles. The summed E-state index contributed by atoms with van der Waals surface area (Å²) < 4.78 is 15.3. The summed E-state index contributed by atoms with van der Waals surface area (Å²) in [6, 6.07) is 17.9. The largest absolute Gasteiger partial charge is 0.352 e.